The van der Waals surface area contributed by atoms with E-state index in [1.165, 1.54) is 12.3 Å². The van der Waals surface area contributed by atoms with Gasteiger partial charge in [-0.25, -0.2) is 9.37 Å². The first-order valence-corrected chi connectivity index (χ1v) is 7.20. The summed E-state index contributed by atoms with van der Waals surface area (Å²) in [5.41, 5.74) is 0.0395. The van der Waals surface area contributed by atoms with Crippen LogP contribution in [0.1, 0.15) is 50.9 Å². The van der Waals surface area contributed by atoms with E-state index in [1.54, 1.807) is 0 Å². The van der Waals surface area contributed by atoms with E-state index in [9.17, 15) is 9.18 Å². The maximum absolute atomic E-state index is 14.2. The fraction of sp³-hybridized carbons (Fsp3) is 0.600. The van der Waals surface area contributed by atoms with Gasteiger partial charge in [0.25, 0.3) is 5.91 Å². The molecule has 1 atom stereocenters. The summed E-state index contributed by atoms with van der Waals surface area (Å²) in [5.74, 6) is -0.523. The Morgan fingerprint density at radius 1 is 1.40 bits per heavy atom. The standard InChI is InChI=1S/C15H24FN3O/c1-5-8-17-14-13(16)11(7-9-18-14)15(20)19-12(6-2)10(3)4/h7,9-10,12H,5-6,8H2,1-4H3,(H,17,18)(H,19,20). The molecule has 1 aromatic heterocycles. The van der Waals surface area contributed by atoms with Gasteiger partial charge in [0.15, 0.2) is 11.6 Å². The average Bonchev–Trinajstić information content (AvgIpc) is 2.43. The number of nitrogens with one attached hydrogen (secondary N) is 2. The summed E-state index contributed by atoms with van der Waals surface area (Å²) in [6.45, 7) is 8.67. The fourth-order valence-electron chi connectivity index (χ4n) is 1.97. The SMILES string of the molecule is CCCNc1nccc(C(=O)NC(CC)C(C)C)c1F. The highest BCUT2D eigenvalue weighted by Crippen LogP contribution is 2.16. The lowest BCUT2D eigenvalue weighted by atomic mass is 10.0. The van der Waals surface area contributed by atoms with Crippen LogP contribution in [0.2, 0.25) is 0 Å². The van der Waals surface area contributed by atoms with Crippen LogP contribution in [0.4, 0.5) is 10.2 Å². The molecule has 0 saturated heterocycles. The number of anilines is 1. The molecule has 1 amide bonds. The summed E-state index contributed by atoms with van der Waals surface area (Å²) in [5, 5.41) is 5.75. The van der Waals surface area contributed by atoms with Gasteiger partial charge in [-0.1, -0.05) is 27.7 Å². The quantitative estimate of drug-likeness (QED) is 0.807. The number of pyridine rings is 1. The highest BCUT2D eigenvalue weighted by atomic mass is 19.1. The molecule has 112 valence electrons. The first-order chi connectivity index (χ1) is 9.51. The van der Waals surface area contributed by atoms with Gasteiger partial charge in [0, 0.05) is 18.8 Å². The summed E-state index contributed by atoms with van der Waals surface area (Å²) >= 11 is 0. The van der Waals surface area contributed by atoms with Crippen LogP contribution >= 0.6 is 0 Å². The van der Waals surface area contributed by atoms with Gasteiger partial charge in [-0.2, -0.15) is 0 Å². The van der Waals surface area contributed by atoms with Crippen LogP contribution in [0, 0.1) is 11.7 Å². The van der Waals surface area contributed by atoms with Crippen LogP contribution in [-0.4, -0.2) is 23.5 Å². The smallest absolute Gasteiger partial charge is 0.254 e. The maximum atomic E-state index is 14.2. The zero-order valence-corrected chi connectivity index (χ0v) is 12.7. The molecule has 0 radical (unpaired) electrons. The lowest BCUT2D eigenvalue weighted by molar-refractivity contribution is 0.0920. The molecule has 1 heterocycles. The van der Waals surface area contributed by atoms with Gasteiger partial charge >= 0.3 is 0 Å². The minimum absolute atomic E-state index is 0.0395. The van der Waals surface area contributed by atoms with Crippen molar-refractivity contribution in [2.75, 3.05) is 11.9 Å². The van der Waals surface area contributed by atoms with Crippen LogP contribution < -0.4 is 10.6 Å². The molecule has 4 nitrogen and oxygen atoms in total. The number of carbonyl (C=O) groups excluding carboxylic acids is 1. The molecule has 5 heteroatoms. The molecular formula is C15H24FN3O. The van der Waals surface area contributed by atoms with Crippen molar-refractivity contribution in [3.63, 3.8) is 0 Å². The Bertz CT molecular complexity index is 449. The van der Waals surface area contributed by atoms with Crippen molar-refractivity contribution in [2.45, 2.75) is 46.6 Å². The number of rotatable bonds is 7. The molecule has 0 aliphatic heterocycles. The number of hydrogen-bond donors (Lipinski definition) is 2. The summed E-state index contributed by atoms with van der Waals surface area (Å²) < 4.78 is 14.2. The van der Waals surface area contributed by atoms with Gasteiger partial charge in [0.1, 0.15) is 0 Å². The van der Waals surface area contributed by atoms with Crippen LogP contribution in [0.25, 0.3) is 0 Å². The predicted molar refractivity (Wildman–Crippen MR) is 79.4 cm³/mol. The van der Waals surface area contributed by atoms with Crippen molar-refractivity contribution >= 4 is 11.7 Å². The number of aromatic nitrogens is 1. The first-order valence-electron chi connectivity index (χ1n) is 7.20. The second-order valence-electron chi connectivity index (χ2n) is 5.18. The molecule has 0 fully saturated rings. The Labute approximate surface area is 120 Å². The summed E-state index contributed by atoms with van der Waals surface area (Å²) in [4.78, 5) is 16.1. The zero-order valence-electron chi connectivity index (χ0n) is 12.7. The van der Waals surface area contributed by atoms with Crippen molar-refractivity contribution in [2.24, 2.45) is 5.92 Å². The highest BCUT2D eigenvalue weighted by Gasteiger charge is 2.19. The van der Waals surface area contributed by atoms with Crippen molar-refractivity contribution in [3.05, 3.63) is 23.6 Å². The summed E-state index contributed by atoms with van der Waals surface area (Å²) in [7, 11) is 0. The third kappa shape index (κ3) is 4.18. The molecule has 1 unspecified atom stereocenters. The van der Waals surface area contributed by atoms with Crippen molar-refractivity contribution in [1.29, 1.82) is 0 Å². The van der Waals surface area contributed by atoms with Crippen LogP contribution in [0.3, 0.4) is 0 Å². The molecule has 0 spiro atoms. The number of carbonyl (C=O) groups is 1. The molecule has 2 N–H and O–H groups in total. The number of nitrogens with zero attached hydrogens (tertiary/aromatic N) is 1. The lowest BCUT2D eigenvalue weighted by Crippen LogP contribution is -2.38. The molecule has 1 aromatic rings. The summed E-state index contributed by atoms with van der Waals surface area (Å²) in [6, 6.07) is 1.46. The van der Waals surface area contributed by atoms with Gasteiger partial charge < -0.3 is 10.6 Å². The predicted octanol–water partition coefficient (Wildman–Crippen LogP) is 3.21. The van der Waals surface area contributed by atoms with Crippen molar-refractivity contribution in [3.8, 4) is 0 Å². The van der Waals surface area contributed by atoms with Crippen LogP contribution in [0.5, 0.6) is 0 Å². The van der Waals surface area contributed by atoms with Crippen molar-refractivity contribution in [1.82, 2.24) is 10.3 Å². The fourth-order valence-corrected chi connectivity index (χ4v) is 1.97. The maximum Gasteiger partial charge on any atom is 0.254 e. The molecule has 0 aliphatic rings. The monoisotopic (exact) mass is 281 g/mol. The average molecular weight is 281 g/mol. The van der Waals surface area contributed by atoms with E-state index in [4.69, 9.17) is 0 Å². The molecule has 0 bridgehead atoms. The minimum atomic E-state index is -0.586. The highest BCUT2D eigenvalue weighted by molar-refractivity contribution is 5.95. The Morgan fingerprint density at radius 2 is 2.10 bits per heavy atom. The van der Waals surface area contributed by atoms with Gasteiger partial charge in [-0.3, -0.25) is 4.79 Å². The molecule has 1 rings (SSSR count). The Balaban J connectivity index is 2.87. The zero-order chi connectivity index (χ0) is 15.1. The van der Waals surface area contributed by atoms with E-state index in [1.807, 2.05) is 27.7 Å². The van der Waals surface area contributed by atoms with Gasteiger partial charge in [-0.05, 0) is 24.8 Å². The summed E-state index contributed by atoms with van der Waals surface area (Å²) in [6.07, 6.45) is 3.13. The third-order valence-corrected chi connectivity index (χ3v) is 3.24. The van der Waals surface area contributed by atoms with E-state index in [0.717, 1.165) is 12.8 Å². The molecular weight excluding hydrogens is 257 g/mol. The molecule has 0 aromatic carbocycles. The van der Waals surface area contributed by atoms with Crippen molar-refractivity contribution < 1.29 is 9.18 Å². The van der Waals surface area contributed by atoms with Crippen LogP contribution in [-0.2, 0) is 0 Å². The Morgan fingerprint density at radius 3 is 2.65 bits per heavy atom. The van der Waals surface area contributed by atoms with E-state index in [-0.39, 0.29) is 23.3 Å². The normalized spacial score (nSPS) is 12.3. The van der Waals surface area contributed by atoms with Gasteiger partial charge in [0.2, 0.25) is 0 Å². The largest absolute Gasteiger partial charge is 0.368 e. The molecule has 0 saturated carbocycles. The lowest BCUT2D eigenvalue weighted by Gasteiger charge is -2.21. The van der Waals surface area contributed by atoms with Crippen LogP contribution in [0.15, 0.2) is 12.3 Å². The molecule has 20 heavy (non-hydrogen) atoms. The second-order valence-corrected chi connectivity index (χ2v) is 5.18. The minimum Gasteiger partial charge on any atom is -0.368 e. The topological polar surface area (TPSA) is 54.0 Å². The molecule has 0 aliphatic carbocycles. The van der Waals surface area contributed by atoms with E-state index in [2.05, 4.69) is 15.6 Å². The van der Waals surface area contributed by atoms with Gasteiger partial charge in [-0.15, -0.1) is 0 Å². The van der Waals surface area contributed by atoms with Gasteiger partial charge in [0.05, 0.1) is 5.56 Å². The Kier molecular flexibility index (Phi) is 6.42. The van der Waals surface area contributed by atoms with E-state index in [0.29, 0.717) is 12.5 Å². The number of halogens is 1. The third-order valence-electron chi connectivity index (χ3n) is 3.24. The van der Waals surface area contributed by atoms with E-state index < -0.39 is 5.82 Å². The first kappa shape index (κ1) is 16.4. The number of hydrogen-bond acceptors (Lipinski definition) is 3. The second kappa shape index (κ2) is 7.82. The Hall–Kier alpha value is -1.65. The number of amides is 1. The van der Waals surface area contributed by atoms with E-state index >= 15 is 0 Å².